The first-order chi connectivity index (χ1) is 9.41. The number of carboxylic acid groups (broad SMARTS) is 1. The largest absolute Gasteiger partial charge is 0.486 e. The highest BCUT2D eigenvalue weighted by Gasteiger charge is 2.27. The molecule has 1 unspecified atom stereocenters. The SMILES string of the molecule is CC1COc2c(F)c(Br)cc3c(=O)c(C(=O)O)cn1c23. The first-order valence-electron chi connectivity index (χ1n) is 5.84. The van der Waals surface area contributed by atoms with Crippen molar-refractivity contribution in [2.24, 2.45) is 0 Å². The molecule has 3 rings (SSSR count). The second kappa shape index (κ2) is 4.31. The predicted octanol–water partition coefficient (Wildman–Crippen LogP) is 2.55. The van der Waals surface area contributed by atoms with Crippen molar-refractivity contribution in [3.8, 4) is 5.75 Å². The van der Waals surface area contributed by atoms with Gasteiger partial charge in [-0.2, -0.15) is 0 Å². The van der Waals surface area contributed by atoms with Gasteiger partial charge in [0.25, 0.3) is 0 Å². The first kappa shape index (κ1) is 13.1. The van der Waals surface area contributed by atoms with E-state index in [1.165, 1.54) is 12.3 Å². The topological polar surface area (TPSA) is 68.5 Å². The summed E-state index contributed by atoms with van der Waals surface area (Å²) in [6, 6.07) is 1.10. The van der Waals surface area contributed by atoms with Crippen LogP contribution in [0.15, 0.2) is 21.5 Å². The zero-order chi connectivity index (χ0) is 14.6. The normalized spacial score (nSPS) is 17.1. The maximum atomic E-state index is 14.1. The molecule has 0 saturated heterocycles. The minimum absolute atomic E-state index is 0.0264. The van der Waals surface area contributed by atoms with Crippen molar-refractivity contribution in [1.82, 2.24) is 4.57 Å². The average Bonchev–Trinajstić information content (AvgIpc) is 2.39. The summed E-state index contributed by atoms with van der Waals surface area (Å²) in [6.45, 7) is 2.01. The molecule has 1 aliphatic rings. The number of benzene rings is 1. The van der Waals surface area contributed by atoms with E-state index in [0.29, 0.717) is 5.52 Å². The summed E-state index contributed by atoms with van der Waals surface area (Å²) >= 11 is 3.02. The fourth-order valence-electron chi connectivity index (χ4n) is 2.35. The molecule has 0 spiro atoms. The summed E-state index contributed by atoms with van der Waals surface area (Å²) in [5.41, 5.74) is -0.696. The van der Waals surface area contributed by atoms with Gasteiger partial charge in [0.15, 0.2) is 11.6 Å². The lowest BCUT2D eigenvalue weighted by Gasteiger charge is -2.27. The van der Waals surface area contributed by atoms with Gasteiger partial charge in [0.05, 0.1) is 21.4 Å². The Kier molecular flexibility index (Phi) is 2.82. The van der Waals surface area contributed by atoms with Gasteiger partial charge in [-0.05, 0) is 28.9 Å². The van der Waals surface area contributed by atoms with Crippen LogP contribution in [0.1, 0.15) is 23.3 Å². The van der Waals surface area contributed by atoms with Gasteiger partial charge in [0, 0.05) is 6.20 Å². The first-order valence-corrected chi connectivity index (χ1v) is 6.64. The predicted molar refractivity (Wildman–Crippen MR) is 73.0 cm³/mol. The second-order valence-corrected chi connectivity index (χ2v) is 5.50. The Bertz CT molecular complexity index is 814. The van der Waals surface area contributed by atoms with Crippen LogP contribution in [0.2, 0.25) is 0 Å². The summed E-state index contributed by atoms with van der Waals surface area (Å²) in [5, 5.41) is 9.24. The van der Waals surface area contributed by atoms with Crippen molar-refractivity contribution < 1.29 is 19.0 Å². The molecular weight excluding hydrogens is 333 g/mol. The molecule has 0 bridgehead atoms. The van der Waals surface area contributed by atoms with Gasteiger partial charge < -0.3 is 14.4 Å². The number of aromatic nitrogens is 1. The van der Waals surface area contributed by atoms with Crippen LogP contribution in [0.4, 0.5) is 4.39 Å². The molecule has 0 amide bonds. The standard InChI is InChI=1S/C13H9BrFNO4/c1-5-4-20-12-9(15)8(14)2-6-10(12)16(5)3-7(11(6)17)13(18)19/h2-3,5H,4H2,1H3,(H,18,19). The van der Waals surface area contributed by atoms with E-state index in [4.69, 9.17) is 9.84 Å². The van der Waals surface area contributed by atoms with Gasteiger partial charge in [-0.1, -0.05) is 0 Å². The molecule has 0 saturated carbocycles. The molecule has 20 heavy (non-hydrogen) atoms. The Labute approximate surface area is 120 Å². The highest BCUT2D eigenvalue weighted by atomic mass is 79.9. The van der Waals surface area contributed by atoms with E-state index in [9.17, 15) is 14.0 Å². The Morgan fingerprint density at radius 3 is 2.95 bits per heavy atom. The van der Waals surface area contributed by atoms with Crippen molar-refractivity contribution in [2.75, 3.05) is 6.61 Å². The lowest BCUT2D eigenvalue weighted by atomic mass is 10.1. The fourth-order valence-corrected chi connectivity index (χ4v) is 2.75. The van der Waals surface area contributed by atoms with Crippen LogP contribution in [-0.2, 0) is 0 Å². The third-order valence-electron chi connectivity index (χ3n) is 3.34. The molecule has 104 valence electrons. The number of rotatable bonds is 1. The Balaban J connectivity index is 2.57. The summed E-state index contributed by atoms with van der Waals surface area (Å²) in [6.07, 6.45) is 1.25. The van der Waals surface area contributed by atoms with Crippen LogP contribution in [-0.4, -0.2) is 22.2 Å². The molecule has 0 fully saturated rings. The average molecular weight is 342 g/mol. The number of hydrogen-bond acceptors (Lipinski definition) is 3. The molecule has 1 aromatic heterocycles. The molecule has 2 aromatic rings. The Morgan fingerprint density at radius 2 is 2.30 bits per heavy atom. The van der Waals surface area contributed by atoms with Crippen LogP contribution in [0.3, 0.4) is 0 Å². The van der Waals surface area contributed by atoms with Crippen molar-refractivity contribution >= 4 is 32.8 Å². The van der Waals surface area contributed by atoms with E-state index < -0.39 is 17.2 Å². The lowest BCUT2D eigenvalue weighted by molar-refractivity contribution is 0.0694. The zero-order valence-electron chi connectivity index (χ0n) is 10.3. The van der Waals surface area contributed by atoms with E-state index in [0.717, 1.165) is 0 Å². The molecule has 5 nitrogen and oxygen atoms in total. The van der Waals surface area contributed by atoms with Gasteiger partial charge in [0.1, 0.15) is 12.2 Å². The van der Waals surface area contributed by atoms with Crippen molar-refractivity contribution in [1.29, 1.82) is 0 Å². The Morgan fingerprint density at radius 1 is 1.60 bits per heavy atom. The highest BCUT2D eigenvalue weighted by Crippen LogP contribution is 2.37. The van der Waals surface area contributed by atoms with Crippen LogP contribution in [0, 0.1) is 5.82 Å². The summed E-state index contributed by atoms with van der Waals surface area (Å²) < 4.78 is 21.1. The number of aromatic carboxylic acids is 1. The molecule has 0 aliphatic carbocycles. The summed E-state index contributed by atoms with van der Waals surface area (Å²) in [7, 11) is 0. The van der Waals surface area contributed by atoms with E-state index in [2.05, 4.69) is 15.9 Å². The summed E-state index contributed by atoms with van der Waals surface area (Å²) in [4.78, 5) is 23.4. The lowest BCUT2D eigenvalue weighted by Crippen LogP contribution is -2.26. The zero-order valence-corrected chi connectivity index (χ0v) is 11.9. The molecule has 1 atom stereocenters. The van der Waals surface area contributed by atoms with E-state index >= 15 is 0 Å². The number of carbonyl (C=O) groups is 1. The third kappa shape index (κ3) is 1.66. The van der Waals surface area contributed by atoms with E-state index in [-0.39, 0.29) is 33.8 Å². The quantitative estimate of drug-likeness (QED) is 0.865. The molecule has 0 radical (unpaired) electrons. The Hall–Kier alpha value is -1.89. The highest BCUT2D eigenvalue weighted by molar-refractivity contribution is 9.10. The number of nitrogens with zero attached hydrogens (tertiary/aromatic N) is 1. The van der Waals surface area contributed by atoms with Crippen LogP contribution < -0.4 is 10.2 Å². The molecular formula is C13H9BrFNO4. The maximum absolute atomic E-state index is 14.1. The van der Waals surface area contributed by atoms with Crippen LogP contribution in [0.5, 0.6) is 5.75 Å². The molecule has 1 aromatic carbocycles. The molecule has 7 heteroatoms. The fraction of sp³-hybridized carbons (Fsp3) is 0.231. The van der Waals surface area contributed by atoms with Gasteiger partial charge in [-0.3, -0.25) is 4.79 Å². The van der Waals surface area contributed by atoms with Gasteiger partial charge in [-0.15, -0.1) is 0 Å². The molecule has 1 N–H and O–H groups in total. The second-order valence-electron chi connectivity index (χ2n) is 4.64. The van der Waals surface area contributed by atoms with Crippen LogP contribution >= 0.6 is 15.9 Å². The number of ether oxygens (including phenoxy) is 1. The monoisotopic (exact) mass is 341 g/mol. The minimum Gasteiger partial charge on any atom is -0.486 e. The number of hydrogen-bond donors (Lipinski definition) is 1. The van der Waals surface area contributed by atoms with Crippen LogP contribution in [0.25, 0.3) is 10.9 Å². The van der Waals surface area contributed by atoms with E-state index in [1.807, 2.05) is 0 Å². The third-order valence-corrected chi connectivity index (χ3v) is 3.92. The van der Waals surface area contributed by atoms with Crippen molar-refractivity contribution in [3.63, 3.8) is 0 Å². The molecule has 2 heterocycles. The van der Waals surface area contributed by atoms with Crippen molar-refractivity contribution in [3.05, 3.63) is 38.3 Å². The van der Waals surface area contributed by atoms with Gasteiger partial charge in [0.2, 0.25) is 5.43 Å². The molecule has 1 aliphatic heterocycles. The number of carboxylic acids is 1. The minimum atomic E-state index is -1.30. The van der Waals surface area contributed by atoms with Gasteiger partial charge >= 0.3 is 5.97 Å². The van der Waals surface area contributed by atoms with Crippen molar-refractivity contribution in [2.45, 2.75) is 13.0 Å². The number of pyridine rings is 1. The van der Waals surface area contributed by atoms with Gasteiger partial charge in [-0.25, -0.2) is 9.18 Å². The number of halogens is 2. The summed E-state index contributed by atoms with van der Waals surface area (Å²) in [5.74, 6) is -1.93. The van der Waals surface area contributed by atoms with E-state index in [1.54, 1.807) is 11.5 Å². The maximum Gasteiger partial charge on any atom is 0.341 e. The smallest absolute Gasteiger partial charge is 0.341 e.